The highest BCUT2D eigenvalue weighted by molar-refractivity contribution is 4.91. The summed E-state index contributed by atoms with van der Waals surface area (Å²) in [6, 6.07) is 2.32. The Morgan fingerprint density at radius 1 is 1.29 bits per heavy atom. The first-order valence-electron chi connectivity index (χ1n) is 5.82. The van der Waals surface area contributed by atoms with Gasteiger partial charge in [-0.25, -0.2) is 0 Å². The molecule has 0 spiro atoms. The van der Waals surface area contributed by atoms with E-state index in [2.05, 4.69) is 36.1 Å². The third-order valence-corrected chi connectivity index (χ3v) is 4.01. The second-order valence-electron chi connectivity index (χ2n) is 4.95. The van der Waals surface area contributed by atoms with Crippen molar-refractivity contribution in [2.75, 3.05) is 33.7 Å². The minimum atomic E-state index is 0.733. The molecule has 3 atom stereocenters. The molecule has 0 aliphatic carbocycles. The van der Waals surface area contributed by atoms with E-state index in [0.29, 0.717) is 0 Å². The van der Waals surface area contributed by atoms with Crippen LogP contribution < -0.4 is 5.32 Å². The van der Waals surface area contributed by atoms with Crippen molar-refractivity contribution in [1.82, 2.24) is 15.1 Å². The Morgan fingerprint density at radius 2 is 2.07 bits per heavy atom. The molecule has 82 valence electrons. The summed E-state index contributed by atoms with van der Waals surface area (Å²) in [4.78, 5) is 5.15. The summed E-state index contributed by atoms with van der Waals surface area (Å²) in [5.74, 6) is 0. The van der Waals surface area contributed by atoms with Gasteiger partial charge >= 0.3 is 0 Å². The summed E-state index contributed by atoms with van der Waals surface area (Å²) in [5, 5.41) is 3.38. The summed E-state index contributed by atoms with van der Waals surface area (Å²) in [5.41, 5.74) is 0. The highest BCUT2D eigenvalue weighted by Crippen LogP contribution is 2.23. The van der Waals surface area contributed by atoms with Gasteiger partial charge in [-0.1, -0.05) is 0 Å². The Balaban J connectivity index is 1.86. The van der Waals surface area contributed by atoms with E-state index in [-0.39, 0.29) is 0 Å². The quantitative estimate of drug-likeness (QED) is 0.690. The normalized spacial score (nSPS) is 40.9. The van der Waals surface area contributed by atoms with Gasteiger partial charge in [-0.3, -0.25) is 4.90 Å². The fourth-order valence-corrected chi connectivity index (χ4v) is 2.78. The number of hydrogen-bond acceptors (Lipinski definition) is 3. The lowest BCUT2D eigenvalue weighted by Gasteiger charge is -2.23. The number of hydrogen-bond donors (Lipinski definition) is 1. The van der Waals surface area contributed by atoms with Crippen LogP contribution in [0.25, 0.3) is 0 Å². The molecule has 2 aliphatic rings. The lowest BCUT2D eigenvalue weighted by molar-refractivity contribution is 0.237. The van der Waals surface area contributed by atoms with Crippen molar-refractivity contribution in [2.24, 2.45) is 0 Å². The Labute approximate surface area is 87.4 Å². The number of likely N-dealkylation sites (N-methyl/N-ethyl adjacent to an activating group) is 2. The summed E-state index contributed by atoms with van der Waals surface area (Å²) in [7, 11) is 4.33. The molecular formula is C11H23N3. The molecule has 0 aromatic rings. The van der Waals surface area contributed by atoms with Crippen LogP contribution in [-0.4, -0.2) is 61.7 Å². The SMILES string of the molecule is CNC1CCN(C2CC(C)N(C)C2)C1. The molecular weight excluding hydrogens is 174 g/mol. The van der Waals surface area contributed by atoms with Crippen LogP contribution in [0.3, 0.4) is 0 Å². The molecule has 2 saturated heterocycles. The van der Waals surface area contributed by atoms with Gasteiger partial charge in [0.25, 0.3) is 0 Å². The molecule has 0 aromatic heterocycles. The van der Waals surface area contributed by atoms with Crippen molar-refractivity contribution in [3.05, 3.63) is 0 Å². The van der Waals surface area contributed by atoms with E-state index in [1.165, 1.54) is 32.5 Å². The molecule has 0 bridgehead atoms. The van der Waals surface area contributed by atoms with Crippen molar-refractivity contribution in [3.8, 4) is 0 Å². The van der Waals surface area contributed by atoms with Gasteiger partial charge in [-0.2, -0.15) is 0 Å². The molecule has 2 fully saturated rings. The average Bonchev–Trinajstić information content (AvgIpc) is 2.74. The lowest BCUT2D eigenvalue weighted by Crippen LogP contribution is -2.37. The van der Waals surface area contributed by atoms with E-state index in [1.807, 2.05) is 0 Å². The summed E-state index contributed by atoms with van der Waals surface area (Å²) < 4.78 is 0. The smallest absolute Gasteiger partial charge is 0.0238 e. The number of rotatable bonds is 2. The molecule has 1 N–H and O–H groups in total. The van der Waals surface area contributed by atoms with Crippen LogP contribution in [0.4, 0.5) is 0 Å². The predicted octanol–water partition coefficient (Wildman–Crippen LogP) is 0.373. The largest absolute Gasteiger partial charge is 0.316 e. The summed E-state index contributed by atoms with van der Waals surface area (Å²) >= 11 is 0. The Kier molecular flexibility index (Phi) is 3.10. The van der Waals surface area contributed by atoms with Gasteiger partial charge in [0.05, 0.1) is 0 Å². The van der Waals surface area contributed by atoms with Crippen molar-refractivity contribution in [2.45, 2.75) is 37.9 Å². The standard InChI is InChI=1S/C11H23N3/c1-9-6-11(8-13(9)3)14-5-4-10(7-14)12-2/h9-12H,4-8H2,1-3H3. The molecule has 14 heavy (non-hydrogen) atoms. The molecule has 0 aromatic carbocycles. The zero-order valence-electron chi connectivity index (χ0n) is 9.66. The van der Waals surface area contributed by atoms with Crippen LogP contribution in [0, 0.1) is 0 Å². The summed E-state index contributed by atoms with van der Waals surface area (Å²) in [6.45, 7) is 6.14. The van der Waals surface area contributed by atoms with Gasteiger partial charge in [0, 0.05) is 37.8 Å². The molecule has 0 amide bonds. The second kappa shape index (κ2) is 4.17. The minimum absolute atomic E-state index is 0.733. The Morgan fingerprint density at radius 3 is 2.57 bits per heavy atom. The molecule has 2 rings (SSSR count). The monoisotopic (exact) mass is 197 g/mol. The molecule has 0 saturated carbocycles. The van der Waals surface area contributed by atoms with Gasteiger partial charge in [0.15, 0.2) is 0 Å². The first-order valence-corrected chi connectivity index (χ1v) is 5.82. The minimum Gasteiger partial charge on any atom is -0.316 e. The summed E-state index contributed by atoms with van der Waals surface area (Å²) in [6.07, 6.45) is 2.68. The van der Waals surface area contributed by atoms with Gasteiger partial charge in [0.2, 0.25) is 0 Å². The van der Waals surface area contributed by atoms with E-state index in [0.717, 1.165) is 18.1 Å². The van der Waals surface area contributed by atoms with Crippen LogP contribution in [0.2, 0.25) is 0 Å². The average molecular weight is 197 g/mol. The highest BCUT2D eigenvalue weighted by atomic mass is 15.3. The van der Waals surface area contributed by atoms with E-state index in [9.17, 15) is 0 Å². The maximum absolute atomic E-state index is 3.38. The van der Waals surface area contributed by atoms with Crippen molar-refractivity contribution in [3.63, 3.8) is 0 Å². The van der Waals surface area contributed by atoms with Crippen molar-refractivity contribution < 1.29 is 0 Å². The number of nitrogens with one attached hydrogen (secondary N) is 1. The van der Waals surface area contributed by atoms with Crippen LogP contribution in [0.1, 0.15) is 19.8 Å². The predicted molar refractivity (Wildman–Crippen MR) is 59.5 cm³/mol. The number of likely N-dealkylation sites (tertiary alicyclic amines) is 2. The first-order chi connectivity index (χ1) is 6.70. The zero-order chi connectivity index (χ0) is 10.1. The molecule has 3 heteroatoms. The third kappa shape index (κ3) is 1.95. The van der Waals surface area contributed by atoms with Crippen LogP contribution in [0.5, 0.6) is 0 Å². The lowest BCUT2D eigenvalue weighted by atomic mass is 10.2. The fraction of sp³-hybridized carbons (Fsp3) is 1.00. The van der Waals surface area contributed by atoms with Gasteiger partial charge < -0.3 is 10.2 Å². The van der Waals surface area contributed by atoms with Crippen LogP contribution in [-0.2, 0) is 0 Å². The molecule has 2 heterocycles. The first kappa shape index (κ1) is 10.4. The van der Waals surface area contributed by atoms with Crippen LogP contribution >= 0.6 is 0 Å². The highest BCUT2D eigenvalue weighted by Gasteiger charge is 2.33. The molecule has 3 nitrogen and oxygen atoms in total. The molecule has 2 aliphatic heterocycles. The van der Waals surface area contributed by atoms with E-state index >= 15 is 0 Å². The van der Waals surface area contributed by atoms with Gasteiger partial charge in [0.1, 0.15) is 0 Å². The fourth-order valence-electron chi connectivity index (χ4n) is 2.78. The maximum atomic E-state index is 3.38. The second-order valence-corrected chi connectivity index (χ2v) is 4.95. The molecule has 3 unspecified atom stereocenters. The third-order valence-electron chi connectivity index (χ3n) is 4.01. The van der Waals surface area contributed by atoms with Crippen molar-refractivity contribution in [1.29, 1.82) is 0 Å². The van der Waals surface area contributed by atoms with E-state index in [4.69, 9.17) is 0 Å². The molecule has 0 radical (unpaired) electrons. The van der Waals surface area contributed by atoms with Gasteiger partial charge in [-0.05, 0) is 33.9 Å². The van der Waals surface area contributed by atoms with E-state index in [1.54, 1.807) is 0 Å². The topological polar surface area (TPSA) is 18.5 Å². The van der Waals surface area contributed by atoms with E-state index < -0.39 is 0 Å². The Hall–Kier alpha value is -0.120. The maximum Gasteiger partial charge on any atom is 0.0238 e. The van der Waals surface area contributed by atoms with Crippen LogP contribution in [0.15, 0.2) is 0 Å². The van der Waals surface area contributed by atoms with Gasteiger partial charge in [-0.15, -0.1) is 0 Å². The number of nitrogens with zero attached hydrogens (tertiary/aromatic N) is 2. The van der Waals surface area contributed by atoms with Crippen molar-refractivity contribution >= 4 is 0 Å². The zero-order valence-corrected chi connectivity index (χ0v) is 9.66. The Bertz CT molecular complexity index is 185.